The van der Waals surface area contributed by atoms with Crippen LogP contribution in [0.4, 0.5) is 11.6 Å². The molecule has 0 aliphatic heterocycles. The van der Waals surface area contributed by atoms with Crippen LogP contribution in [0, 0.1) is 5.92 Å². The van der Waals surface area contributed by atoms with Crippen molar-refractivity contribution in [1.29, 1.82) is 0 Å². The molecule has 0 radical (unpaired) electrons. The number of aromatic nitrogens is 2. The van der Waals surface area contributed by atoms with Gasteiger partial charge in [0.25, 0.3) is 0 Å². The summed E-state index contributed by atoms with van der Waals surface area (Å²) in [5.74, 6) is 2.68. The summed E-state index contributed by atoms with van der Waals surface area (Å²) in [4.78, 5) is 10.9. The van der Waals surface area contributed by atoms with Crippen molar-refractivity contribution in [3.05, 3.63) is 10.8 Å². The molecule has 1 fully saturated rings. The Kier molecular flexibility index (Phi) is 4.43. The summed E-state index contributed by atoms with van der Waals surface area (Å²) in [6, 6.07) is 0.537. The zero-order chi connectivity index (χ0) is 13.1. The van der Waals surface area contributed by atoms with E-state index in [1.165, 1.54) is 12.8 Å². The molecule has 1 aromatic rings. The Balaban J connectivity index is 2.16. The molecular formula is C13H21BrN4. The molecule has 5 heteroatoms. The van der Waals surface area contributed by atoms with Gasteiger partial charge in [0.05, 0.1) is 0 Å². The fourth-order valence-corrected chi connectivity index (χ4v) is 2.69. The average Bonchev–Trinajstić information content (AvgIpc) is 3.20. The summed E-state index contributed by atoms with van der Waals surface area (Å²) in [5.41, 5.74) is 0. The maximum absolute atomic E-state index is 4.41. The first-order valence-corrected chi connectivity index (χ1v) is 7.41. The minimum absolute atomic E-state index is 0.537. The molecule has 0 amide bonds. The highest BCUT2D eigenvalue weighted by Crippen LogP contribution is 2.38. The minimum atomic E-state index is 0.537. The van der Waals surface area contributed by atoms with Crippen molar-refractivity contribution in [3.63, 3.8) is 0 Å². The van der Waals surface area contributed by atoms with Crippen LogP contribution >= 0.6 is 15.9 Å². The van der Waals surface area contributed by atoms with Gasteiger partial charge in [-0.1, -0.05) is 6.92 Å². The summed E-state index contributed by atoms with van der Waals surface area (Å²) in [5, 5.41) is 3.32. The van der Waals surface area contributed by atoms with E-state index in [1.807, 2.05) is 0 Å². The van der Waals surface area contributed by atoms with Gasteiger partial charge in [0, 0.05) is 19.6 Å². The van der Waals surface area contributed by atoms with Gasteiger partial charge in [0.1, 0.15) is 22.4 Å². The van der Waals surface area contributed by atoms with Gasteiger partial charge in [-0.05, 0) is 48.0 Å². The molecule has 1 aromatic heterocycles. The Morgan fingerprint density at radius 1 is 1.50 bits per heavy atom. The van der Waals surface area contributed by atoms with Crippen molar-refractivity contribution in [2.24, 2.45) is 5.92 Å². The fourth-order valence-electron chi connectivity index (χ4n) is 2.06. The van der Waals surface area contributed by atoms with Crippen LogP contribution in [0.15, 0.2) is 10.8 Å². The van der Waals surface area contributed by atoms with E-state index >= 15 is 0 Å². The molecule has 1 heterocycles. The highest BCUT2D eigenvalue weighted by Gasteiger charge is 2.31. The minimum Gasteiger partial charge on any atom is -0.369 e. The molecule has 0 aromatic carbocycles. The van der Waals surface area contributed by atoms with Crippen LogP contribution < -0.4 is 10.2 Å². The zero-order valence-corrected chi connectivity index (χ0v) is 12.9. The number of halogens is 1. The van der Waals surface area contributed by atoms with Crippen LogP contribution in [0.5, 0.6) is 0 Å². The average molecular weight is 313 g/mol. The number of anilines is 2. The topological polar surface area (TPSA) is 41.1 Å². The first-order valence-electron chi connectivity index (χ1n) is 6.62. The third kappa shape index (κ3) is 2.94. The lowest BCUT2D eigenvalue weighted by Gasteiger charge is -2.27. The SMILES string of the molecule is CCCNc1ncnc(N(C)C(C)C2CC2)c1Br. The second-order valence-electron chi connectivity index (χ2n) is 4.98. The predicted molar refractivity (Wildman–Crippen MR) is 79.1 cm³/mol. The lowest BCUT2D eigenvalue weighted by molar-refractivity contribution is 0.602. The summed E-state index contributed by atoms with van der Waals surface area (Å²) in [7, 11) is 2.11. The number of hydrogen-bond acceptors (Lipinski definition) is 4. The van der Waals surface area contributed by atoms with Crippen LogP contribution in [0.25, 0.3) is 0 Å². The van der Waals surface area contributed by atoms with Gasteiger partial charge in [-0.25, -0.2) is 9.97 Å². The standard InChI is InChI=1S/C13H21BrN4/c1-4-7-15-12-11(14)13(17-8-16-12)18(3)9(2)10-5-6-10/h8-10H,4-7H2,1-3H3,(H,15,16,17). The second-order valence-corrected chi connectivity index (χ2v) is 5.77. The van der Waals surface area contributed by atoms with Crippen LogP contribution in [0.3, 0.4) is 0 Å². The number of nitrogens with one attached hydrogen (secondary N) is 1. The number of nitrogens with zero attached hydrogens (tertiary/aromatic N) is 3. The van der Waals surface area contributed by atoms with Gasteiger partial charge in [0.2, 0.25) is 0 Å². The highest BCUT2D eigenvalue weighted by molar-refractivity contribution is 9.10. The molecule has 1 aliphatic carbocycles. The Bertz CT molecular complexity index is 406. The predicted octanol–water partition coefficient (Wildman–Crippen LogP) is 3.30. The van der Waals surface area contributed by atoms with E-state index in [-0.39, 0.29) is 0 Å². The first-order chi connectivity index (χ1) is 8.65. The molecule has 1 aliphatic rings. The van der Waals surface area contributed by atoms with Gasteiger partial charge in [-0.15, -0.1) is 0 Å². The third-order valence-corrected chi connectivity index (χ3v) is 4.29. The van der Waals surface area contributed by atoms with Crippen LogP contribution in [-0.4, -0.2) is 29.6 Å². The molecule has 0 spiro atoms. The molecule has 18 heavy (non-hydrogen) atoms. The largest absolute Gasteiger partial charge is 0.369 e. The lowest BCUT2D eigenvalue weighted by atomic mass is 10.2. The van der Waals surface area contributed by atoms with E-state index in [1.54, 1.807) is 6.33 Å². The molecule has 0 bridgehead atoms. The zero-order valence-electron chi connectivity index (χ0n) is 11.3. The Labute approximate surface area is 117 Å². The van der Waals surface area contributed by atoms with Crippen LogP contribution in [0.2, 0.25) is 0 Å². The third-order valence-electron chi connectivity index (χ3n) is 3.56. The normalized spacial score (nSPS) is 16.4. The van der Waals surface area contributed by atoms with E-state index in [0.717, 1.165) is 35.0 Å². The number of rotatable bonds is 6. The molecule has 0 saturated heterocycles. The van der Waals surface area contributed by atoms with E-state index in [0.29, 0.717) is 6.04 Å². The molecular weight excluding hydrogens is 292 g/mol. The van der Waals surface area contributed by atoms with Crippen LogP contribution in [-0.2, 0) is 0 Å². The highest BCUT2D eigenvalue weighted by atomic mass is 79.9. The van der Waals surface area contributed by atoms with Gasteiger partial charge in [0.15, 0.2) is 0 Å². The quantitative estimate of drug-likeness (QED) is 0.875. The summed E-state index contributed by atoms with van der Waals surface area (Å²) in [6.45, 7) is 5.34. The summed E-state index contributed by atoms with van der Waals surface area (Å²) >= 11 is 3.62. The molecule has 1 unspecified atom stereocenters. The van der Waals surface area contributed by atoms with Crippen molar-refractivity contribution in [1.82, 2.24) is 9.97 Å². The molecule has 4 nitrogen and oxygen atoms in total. The van der Waals surface area contributed by atoms with E-state index in [4.69, 9.17) is 0 Å². The van der Waals surface area contributed by atoms with Crippen molar-refractivity contribution in [3.8, 4) is 0 Å². The maximum Gasteiger partial charge on any atom is 0.148 e. The number of hydrogen-bond donors (Lipinski definition) is 1. The van der Waals surface area contributed by atoms with Crippen molar-refractivity contribution in [2.75, 3.05) is 23.8 Å². The van der Waals surface area contributed by atoms with Gasteiger partial charge in [-0.3, -0.25) is 0 Å². The molecule has 1 atom stereocenters. The molecule has 100 valence electrons. The smallest absolute Gasteiger partial charge is 0.148 e. The van der Waals surface area contributed by atoms with Crippen LogP contribution in [0.1, 0.15) is 33.1 Å². The van der Waals surface area contributed by atoms with Gasteiger partial charge < -0.3 is 10.2 Å². The summed E-state index contributed by atoms with van der Waals surface area (Å²) < 4.78 is 0.966. The van der Waals surface area contributed by atoms with E-state index in [9.17, 15) is 0 Å². The Hall–Kier alpha value is -0.840. The van der Waals surface area contributed by atoms with Crippen molar-refractivity contribution in [2.45, 2.75) is 39.2 Å². The lowest BCUT2D eigenvalue weighted by Crippen LogP contribution is -2.31. The Morgan fingerprint density at radius 2 is 2.22 bits per heavy atom. The second kappa shape index (κ2) is 5.87. The molecule has 2 rings (SSSR count). The Morgan fingerprint density at radius 3 is 2.83 bits per heavy atom. The van der Waals surface area contributed by atoms with Gasteiger partial charge >= 0.3 is 0 Å². The summed E-state index contributed by atoms with van der Waals surface area (Å²) in [6.07, 6.45) is 5.40. The monoisotopic (exact) mass is 312 g/mol. The maximum atomic E-state index is 4.41. The fraction of sp³-hybridized carbons (Fsp3) is 0.692. The van der Waals surface area contributed by atoms with E-state index < -0.39 is 0 Å². The molecule has 1 saturated carbocycles. The first kappa shape index (κ1) is 13.6. The van der Waals surface area contributed by atoms with Gasteiger partial charge in [-0.2, -0.15) is 0 Å². The molecule has 1 N–H and O–H groups in total. The van der Waals surface area contributed by atoms with Crippen molar-refractivity contribution < 1.29 is 0 Å². The van der Waals surface area contributed by atoms with Crippen molar-refractivity contribution >= 4 is 27.6 Å². The van der Waals surface area contributed by atoms with E-state index in [2.05, 4.69) is 57.0 Å².